The quantitative estimate of drug-likeness (QED) is 0.556. The molecule has 1 heterocycles. The number of hydrogen-bond acceptors (Lipinski definition) is 5. The molecular formula is C10H9N3O4. The molecule has 0 atom stereocenters. The van der Waals surface area contributed by atoms with Gasteiger partial charge in [-0.1, -0.05) is 0 Å². The number of nitro groups is 1. The minimum Gasteiger partial charge on any atom is -0.451 e. The number of carbonyl (C=O) groups is 1. The summed E-state index contributed by atoms with van der Waals surface area (Å²) in [6.07, 6.45) is -0.628. The van der Waals surface area contributed by atoms with Crippen molar-refractivity contribution >= 4 is 22.7 Å². The standard InChI is InChI=1S/C10H9N3O4/c1-6-8-5-7(13(15)16)3-4-9(8)12(11-6)10(14)17-2/h3-5H,1-2H3. The first kappa shape index (κ1) is 11.1. The van der Waals surface area contributed by atoms with E-state index in [4.69, 9.17) is 0 Å². The van der Waals surface area contributed by atoms with Crippen LogP contribution in [0.1, 0.15) is 5.69 Å². The summed E-state index contributed by atoms with van der Waals surface area (Å²) < 4.78 is 5.64. The van der Waals surface area contributed by atoms with Gasteiger partial charge in [0.2, 0.25) is 0 Å². The fraction of sp³-hybridized carbons (Fsp3) is 0.200. The van der Waals surface area contributed by atoms with Crippen LogP contribution in [0.15, 0.2) is 18.2 Å². The molecule has 0 bridgehead atoms. The first-order valence-electron chi connectivity index (χ1n) is 4.76. The van der Waals surface area contributed by atoms with Crippen LogP contribution >= 0.6 is 0 Å². The molecule has 0 aliphatic heterocycles. The largest absolute Gasteiger partial charge is 0.451 e. The fourth-order valence-corrected chi connectivity index (χ4v) is 1.60. The van der Waals surface area contributed by atoms with Crippen LogP contribution in [0.5, 0.6) is 0 Å². The average Bonchev–Trinajstić information content (AvgIpc) is 2.65. The second kappa shape index (κ2) is 3.85. The van der Waals surface area contributed by atoms with E-state index in [2.05, 4.69) is 9.84 Å². The number of fused-ring (bicyclic) bond motifs is 1. The molecule has 0 saturated carbocycles. The molecule has 0 N–H and O–H groups in total. The number of hydrogen-bond donors (Lipinski definition) is 0. The number of carbonyl (C=O) groups excluding carboxylic acids is 1. The van der Waals surface area contributed by atoms with Crippen molar-refractivity contribution in [2.75, 3.05) is 7.11 Å². The van der Waals surface area contributed by atoms with Crippen molar-refractivity contribution in [3.8, 4) is 0 Å². The number of ether oxygens (including phenoxy) is 1. The monoisotopic (exact) mass is 235 g/mol. The summed E-state index contributed by atoms with van der Waals surface area (Å²) in [5.74, 6) is 0. The lowest BCUT2D eigenvalue weighted by molar-refractivity contribution is -0.384. The number of rotatable bonds is 1. The van der Waals surface area contributed by atoms with Crippen LogP contribution in [-0.4, -0.2) is 27.9 Å². The average molecular weight is 235 g/mol. The van der Waals surface area contributed by atoms with Gasteiger partial charge in [-0.3, -0.25) is 10.1 Å². The molecule has 0 saturated heterocycles. The number of methoxy groups -OCH3 is 1. The highest BCUT2D eigenvalue weighted by molar-refractivity contribution is 5.90. The van der Waals surface area contributed by atoms with Gasteiger partial charge < -0.3 is 4.74 Å². The topological polar surface area (TPSA) is 87.3 Å². The van der Waals surface area contributed by atoms with E-state index < -0.39 is 11.0 Å². The molecule has 1 aromatic carbocycles. The van der Waals surface area contributed by atoms with E-state index in [9.17, 15) is 14.9 Å². The highest BCUT2D eigenvalue weighted by atomic mass is 16.6. The summed E-state index contributed by atoms with van der Waals surface area (Å²) in [4.78, 5) is 21.6. The van der Waals surface area contributed by atoms with Crippen molar-refractivity contribution in [3.63, 3.8) is 0 Å². The number of benzene rings is 1. The number of non-ortho nitro benzene ring substituents is 1. The van der Waals surface area contributed by atoms with Crippen molar-refractivity contribution in [1.29, 1.82) is 0 Å². The molecule has 0 aliphatic carbocycles. The molecule has 17 heavy (non-hydrogen) atoms. The Morgan fingerprint density at radius 3 is 2.82 bits per heavy atom. The van der Waals surface area contributed by atoms with Crippen LogP contribution in [0.3, 0.4) is 0 Å². The van der Waals surface area contributed by atoms with Crippen LogP contribution in [0.25, 0.3) is 10.9 Å². The Hall–Kier alpha value is -2.44. The predicted molar refractivity (Wildman–Crippen MR) is 58.9 cm³/mol. The van der Waals surface area contributed by atoms with Gasteiger partial charge in [0.05, 0.1) is 23.2 Å². The highest BCUT2D eigenvalue weighted by Crippen LogP contribution is 2.23. The molecule has 0 fully saturated rings. The van der Waals surface area contributed by atoms with Crippen LogP contribution in [0.2, 0.25) is 0 Å². The third kappa shape index (κ3) is 1.71. The summed E-state index contributed by atoms with van der Waals surface area (Å²) >= 11 is 0. The Labute approximate surface area is 95.7 Å². The van der Waals surface area contributed by atoms with Crippen molar-refractivity contribution in [3.05, 3.63) is 34.0 Å². The van der Waals surface area contributed by atoms with Crippen LogP contribution in [0.4, 0.5) is 10.5 Å². The van der Waals surface area contributed by atoms with E-state index in [1.165, 1.54) is 25.3 Å². The molecule has 88 valence electrons. The maximum atomic E-state index is 11.4. The minimum absolute atomic E-state index is 0.0370. The van der Waals surface area contributed by atoms with Crippen LogP contribution in [0, 0.1) is 17.0 Å². The highest BCUT2D eigenvalue weighted by Gasteiger charge is 2.16. The zero-order valence-electron chi connectivity index (χ0n) is 9.21. The molecule has 2 rings (SSSR count). The van der Waals surface area contributed by atoms with Crippen molar-refractivity contribution in [1.82, 2.24) is 9.78 Å². The third-order valence-electron chi connectivity index (χ3n) is 2.41. The van der Waals surface area contributed by atoms with E-state index in [1.807, 2.05) is 0 Å². The summed E-state index contributed by atoms with van der Waals surface area (Å²) in [5, 5.41) is 15.2. The lowest BCUT2D eigenvalue weighted by Crippen LogP contribution is -2.12. The molecule has 0 radical (unpaired) electrons. The van der Waals surface area contributed by atoms with E-state index in [1.54, 1.807) is 6.92 Å². The lowest BCUT2D eigenvalue weighted by Gasteiger charge is -1.99. The zero-order valence-corrected chi connectivity index (χ0v) is 9.21. The van der Waals surface area contributed by atoms with Crippen LogP contribution in [-0.2, 0) is 4.74 Å². The van der Waals surface area contributed by atoms with Crippen molar-refractivity contribution in [2.24, 2.45) is 0 Å². The van der Waals surface area contributed by atoms with Gasteiger partial charge in [-0.25, -0.2) is 4.79 Å². The van der Waals surface area contributed by atoms with E-state index in [0.29, 0.717) is 16.6 Å². The molecule has 0 amide bonds. The molecule has 2 aromatic rings. The first-order chi connectivity index (χ1) is 8.04. The third-order valence-corrected chi connectivity index (χ3v) is 2.41. The molecule has 0 spiro atoms. The Morgan fingerprint density at radius 1 is 1.53 bits per heavy atom. The lowest BCUT2D eigenvalue weighted by atomic mass is 10.2. The zero-order chi connectivity index (χ0) is 12.6. The number of aromatic nitrogens is 2. The molecule has 0 aliphatic rings. The molecule has 0 unspecified atom stereocenters. The molecule has 7 nitrogen and oxygen atoms in total. The second-order valence-electron chi connectivity index (χ2n) is 3.43. The minimum atomic E-state index is -0.628. The van der Waals surface area contributed by atoms with Gasteiger partial charge >= 0.3 is 6.09 Å². The van der Waals surface area contributed by atoms with Gasteiger partial charge in [-0.15, -0.1) is 0 Å². The molecule has 1 aromatic heterocycles. The molecular weight excluding hydrogens is 226 g/mol. The van der Waals surface area contributed by atoms with E-state index in [-0.39, 0.29) is 5.69 Å². The summed E-state index contributed by atoms with van der Waals surface area (Å²) in [6, 6.07) is 4.18. The maximum Gasteiger partial charge on any atom is 0.434 e. The Kier molecular flexibility index (Phi) is 2.51. The predicted octanol–water partition coefficient (Wildman–Crippen LogP) is 1.87. The molecule has 7 heteroatoms. The Bertz CT molecular complexity index is 617. The van der Waals surface area contributed by atoms with E-state index >= 15 is 0 Å². The smallest absolute Gasteiger partial charge is 0.434 e. The number of nitrogens with zero attached hydrogens (tertiary/aromatic N) is 3. The van der Waals surface area contributed by atoms with Gasteiger partial charge in [0.25, 0.3) is 5.69 Å². The van der Waals surface area contributed by atoms with Gasteiger partial charge in [-0.2, -0.15) is 9.78 Å². The van der Waals surface area contributed by atoms with Gasteiger partial charge in [-0.05, 0) is 13.0 Å². The summed E-state index contributed by atoms with van der Waals surface area (Å²) in [6.45, 7) is 1.67. The SMILES string of the molecule is COC(=O)n1nc(C)c2cc([N+](=O)[O-])ccc21. The maximum absolute atomic E-state index is 11.4. The fourth-order valence-electron chi connectivity index (χ4n) is 1.60. The van der Waals surface area contributed by atoms with Gasteiger partial charge in [0.15, 0.2) is 0 Å². The summed E-state index contributed by atoms with van der Waals surface area (Å²) in [7, 11) is 1.25. The Balaban J connectivity index is 2.69. The van der Waals surface area contributed by atoms with Crippen LogP contribution < -0.4 is 0 Å². The summed E-state index contributed by atoms with van der Waals surface area (Å²) in [5.41, 5.74) is 0.985. The van der Waals surface area contributed by atoms with Crippen molar-refractivity contribution in [2.45, 2.75) is 6.92 Å². The van der Waals surface area contributed by atoms with Gasteiger partial charge in [0.1, 0.15) is 0 Å². The normalized spacial score (nSPS) is 10.5. The number of aryl methyl sites for hydroxylation is 1. The Morgan fingerprint density at radius 2 is 2.24 bits per heavy atom. The number of nitro benzene ring substituents is 1. The van der Waals surface area contributed by atoms with Crippen molar-refractivity contribution < 1.29 is 14.5 Å². The van der Waals surface area contributed by atoms with Gasteiger partial charge in [0, 0.05) is 17.5 Å². The first-order valence-corrected chi connectivity index (χ1v) is 4.76. The second-order valence-corrected chi connectivity index (χ2v) is 3.43. The van der Waals surface area contributed by atoms with E-state index in [0.717, 1.165) is 4.68 Å².